The molecule has 1 aliphatic heterocycles. The number of rotatable bonds is 4. The highest BCUT2D eigenvalue weighted by Gasteiger charge is 2.35. The van der Waals surface area contributed by atoms with Crippen LogP contribution < -0.4 is 0 Å². The van der Waals surface area contributed by atoms with Gasteiger partial charge < -0.3 is 9.47 Å². The number of ether oxygens (including phenoxy) is 2. The molecular formula is C13H24O2. The van der Waals surface area contributed by atoms with Crippen molar-refractivity contribution in [2.45, 2.75) is 59.4 Å². The molecule has 0 aromatic rings. The molecule has 0 saturated carbocycles. The summed E-state index contributed by atoms with van der Waals surface area (Å²) in [6, 6.07) is 0. The van der Waals surface area contributed by atoms with E-state index in [0.29, 0.717) is 12.5 Å². The van der Waals surface area contributed by atoms with Crippen LogP contribution in [0.25, 0.3) is 0 Å². The van der Waals surface area contributed by atoms with Crippen LogP contribution in [0.1, 0.15) is 47.5 Å². The predicted octanol–water partition coefficient (Wildman–Crippen LogP) is 3.52. The van der Waals surface area contributed by atoms with E-state index >= 15 is 0 Å². The highest BCUT2D eigenvalue weighted by atomic mass is 16.7. The average Bonchev–Trinajstić information content (AvgIpc) is 2.54. The zero-order valence-electron chi connectivity index (χ0n) is 10.7. The number of hydrogen-bond donors (Lipinski definition) is 0. The number of allylic oxidation sites excluding steroid dienone is 1. The Hall–Kier alpha value is -0.340. The molecule has 2 nitrogen and oxygen atoms in total. The minimum atomic E-state index is -0.121. The van der Waals surface area contributed by atoms with Gasteiger partial charge >= 0.3 is 0 Å². The topological polar surface area (TPSA) is 18.5 Å². The summed E-state index contributed by atoms with van der Waals surface area (Å²) in [6.07, 6.45) is 4.57. The van der Waals surface area contributed by atoms with E-state index in [1.807, 2.05) is 0 Å². The van der Waals surface area contributed by atoms with Gasteiger partial charge in [-0.15, -0.1) is 0 Å². The molecule has 2 heteroatoms. The summed E-state index contributed by atoms with van der Waals surface area (Å²) in [5.74, 6) is 0.360. The Labute approximate surface area is 93.7 Å². The molecule has 15 heavy (non-hydrogen) atoms. The quantitative estimate of drug-likeness (QED) is 0.664. The first-order valence-electron chi connectivity index (χ1n) is 5.92. The van der Waals surface area contributed by atoms with Crippen LogP contribution in [0.4, 0.5) is 0 Å². The molecule has 1 heterocycles. The lowest BCUT2D eigenvalue weighted by molar-refractivity contribution is -0.101. The van der Waals surface area contributed by atoms with Gasteiger partial charge in [-0.1, -0.05) is 31.9 Å². The number of hydrogen-bond acceptors (Lipinski definition) is 2. The van der Waals surface area contributed by atoms with Crippen molar-refractivity contribution in [2.24, 2.45) is 5.92 Å². The van der Waals surface area contributed by atoms with E-state index < -0.39 is 0 Å². The summed E-state index contributed by atoms with van der Waals surface area (Å²) in [5, 5.41) is 0. The van der Waals surface area contributed by atoms with E-state index in [-0.39, 0.29) is 11.9 Å². The lowest BCUT2D eigenvalue weighted by Gasteiger charge is -2.21. The van der Waals surface area contributed by atoms with Crippen LogP contribution in [0.2, 0.25) is 0 Å². The minimum absolute atomic E-state index is 0.0619. The molecule has 1 fully saturated rings. The molecule has 1 unspecified atom stereocenters. The van der Waals surface area contributed by atoms with Crippen molar-refractivity contribution in [3.05, 3.63) is 11.6 Å². The van der Waals surface area contributed by atoms with E-state index in [1.54, 1.807) is 0 Å². The first-order valence-corrected chi connectivity index (χ1v) is 5.92. The van der Waals surface area contributed by atoms with Crippen molar-refractivity contribution >= 4 is 0 Å². The summed E-state index contributed by atoms with van der Waals surface area (Å²) < 4.78 is 11.5. The maximum atomic E-state index is 5.85. The Morgan fingerprint density at radius 1 is 1.53 bits per heavy atom. The van der Waals surface area contributed by atoms with E-state index in [4.69, 9.17) is 9.47 Å². The van der Waals surface area contributed by atoms with Crippen LogP contribution in [0.5, 0.6) is 0 Å². The molecule has 1 aliphatic rings. The van der Waals surface area contributed by atoms with Crippen LogP contribution in [-0.2, 0) is 9.47 Å². The highest BCUT2D eigenvalue weighted by molar-refractivity contribution is 5.04. The highest BCUT2D eigenvalue weighted by Crippen LogP contribution is 2.29. The second-order valence-electron chi connectivity index (χ2n) is 5.08. The number of unbranched alkanes of at least 4 members (excludes halogenated alkanes) is 1. The Bertz CT molecular complexity index is 231. The minimum Gasteiger partial charge on any atom is -0.349 e. The van der Waals surface area contributed by atoms with Gasteiger partial charge in [0.1, 0.15) is 0 Å². The lowest BCUT2D eigenvalue weighted by Crippen LogP contribution is -2.26. The zero-order valence-corrected chi connectivity index (χ0v) is 10.7. The van der Waals surface area contributed by atoms with Crippen LogP contribution in [0.15, 0.2) is 11.6 Å². The van der Waals surface area contributed by atoms with Crippen LogP contribution >= 0.6 is 0 Å². The Balaban J connectivity index is 2.51. The maximum absolute atomic E-state index is 5.85. The fourth-order valence-corrected chi connectivity index (χ4v) is 1.68. The summed E-state index contributed by atoms with van der Waals surface area (Å²) in [6.45, 7) is 11.4. The predicted molar refractivity (Wildman–Crippen MR) is 62.7 cm³/mol. The maximum Gasteiger partial charge on any atom is 0.164 e. The van der Waals surface area contributed by atoms with Gasteiger partial charge in [0.15, 0.2) is 6.29 Å². The third-order valence-electron chi connectivity index (χ3n) is 2.91. The largest absolute Gasteiger partial charge is 0.349 e. The first-order chi connectivity index (χ1) is 6.96. The van der Waals surface area contributed by atoms with Crippen LogP contribution in [0, 0.1) is 5.92 Å². The Morgan fingerprint density at radius 2 is 2.20 bits per heavy atom. The van der Waals surface area contributed by atoms with Crippen molar-refractivity contribution in [2.75, 3.05) is 6.61 Å². The molecule has 0 aromatic carbocycles. The summed E-state index contributed by atoms with van der Waals surface area (Å²) >= 11 is 0. The Morgan fingerprint density at radius 3 is 2.67 bits per heavy atom. The molecule has 0 spiro atoms. The summed E-state index contributed by atoms with van der Waals surface area (Å²) in [4.78, 5) is 0. The van der Waals surface area contributed by atoms with Gasteiger partial charge in [-0.3, -0.25) is 0 Å². The van der Waals surface area contributed by atoms with E-state index in [1.165, 1.54) is 12.0 Å². The van der Waals surface area contributed by atoms with Gasteiger partial charge in [-0.2, -0.15) is 0 Å². The van der Waals surface area contributed by atoms with Gasteiger partial charge in [-0.05, 0) is 27.2 Å². The van der Waals surface area contributed by atoms with Gasteiger partial charge in [-0.25, -0.2) is 0 Å². The summed E-state index contributed by atoms with van der Waals surface area (Å²) in [7, 11) is 0. The van der Waals surface area contributed by atoms with Crippen molar-refractivity contribution in [1.82, 2.24) is 0 Å². The van der Waals surface area contributed by atoms with Gasteiger partial charge in [0, 0.05) is 5.92 Å². The van der Waals surface area contributed by atoms with Gasteiger partial charge in [0.2, 0.25) is 0 Å². The molecule has 1 saturated heterocycles. The third-order valence-corrected chi connectivity index (χ3v) is 2.91. The SMILES string of the molecule is CCC/C=C(/C)[C@H](C)C1OCC(C)(C)O1. The molecule has 0 radical (unpaired) electrons. The summed E-state index contributed by atoms with van der Waals surface area (Å²) in [5.41, 5.74) is 1.25. The fourth-order valence-electron chi connectivity index (χ4n) is 1.68. The zero-order chi connectivity index (χ0) is 11.5. The Kier molecular flexibility index (Phi) is 4.35. The standard InChI is InChI=1S/C13H24O2/c1-6-7-8-10(2)11(3)12-14-9-13(4,5)15-12/h8,11-12H,6-7,9H2,1-5H3/b10-8-/t11-,12?/m0/s1. The van der Waals surface area contributed by atoms with Crippen molar-refractivity contribution in [1.29, 1.82) is 0 Å². The normalized spacial score (nSPS) is 28.1. The van der Waals surface area contributed by atoms with Crippen LogP contribution in [-0.4, -0.2) is 18.5 Å². The first kappa shape index (κ1) is 12.7. The smallest absolute Gasteiger partial charge is 0.164 e. The van der Waals surface area contributed by atoms with Gasteiger partial charge in [0.25, 0.3) is 0 Å². The molecule has 0 amide bonds. The van der Waals surface area contributed by atoms with E-state index in [9.17, 15) is 0 Å². The van der Waals surface area contributed by atoms with Crippen LogP contribution in [0.3, 0.4) is 0 Å². The fraction of sp³-hybridized carbons (Fsp3) is 0.846. The van der Waals surface area contributed by atoms with E-state index in [0.717, 1.165) is 6.42 Å². The second-order valence-corrected chi connectivity index (χ2v) is 5.08. The van der Waals surface area contributed by atoms with Crippen molar-refractivity contribution < 1.29 is 9.47 Å². The van der Waals surface area contributed by atoms with Gasteiger partial charge in [0.05, 0.1) is 12.2 Å². The third kappa shape index (κ3) is 3.62. The monoisotopic (exact) mass is 212 g/mol. The molecule has 0 bridgehead atoms. The molecule has 0 aliphatic carbocycles. The average molecular weight is 212 g/mol. The van der Waals surface area contributed by atoms with E-state index in [2.05, 4.69) is 40.7 Å². The molecule has 0 aromatic heterocycles. The van der Waals surface area contributed by atoms with Crippen molar-refractivity contribution in [3.8, 4) is 0 Å². The molecule has 88 valence electrons. The van der Waals surface area contributed by atoms with Crippen molar-refractivity contribution in [3.63, 3.8) is 0 Å². The molecular weight excluding hydrogens is 188 g/mol. The second kappa shape index (κ2) is 5.13. The molecule has 0 N–H and O–H groups in total. The lowest BCUT2D eigenvalue weighted by atomic mass is 10.0. The molecule has 1 rings (SSSR count). The molecule has 2 atom stereocenters.